The Labute approximate surface area is 189 Å². The number of hydrogen-bond donors (Lipinski definition) is 1. The summed E-state index contributed by atoms with van der Waals surface area (Å²) in [6.45, 7) is 1.84. The first-order chi connectivity index (χ1) is 15.6. The number of carbonyl (C=O) groups is 1. The molecular weight excluding hydrogens is 422 g/mol. The Morgan fingerprint density at radius 3 is 2.94 bits per heavy atom. The van der Waals surface area contributed by atoms with Crippen LogP contribution >= 0.6 is 11.3 Å². The van der Waals surface area contributed by atoms with Crippen molar-refractivity contribution in [3.8, 4) is 0 Å². The number of thiophene rings is 1. The molecule has 1 aliphatic heterocycles. The van der Waals surface area contributed by atoms with Crippen LogP contribution in [0.2, 0.25) is 0 Å². The van der Waals surface area contributed by atoms with E-state index in [2.05, 4.69) is 31.3 Å². The number of hydrogen-bond acceptors (Lipinski definition) is 7. The Kier molecular flexibility index (Phi) is 4.53. The third-order valence-corrected chi connectivity index (χ3v) is 7.77. The Morgan fingerprint density at radius 2 is 2.16 bits per heavy atom. The smallest absolute Gasteiger partial charge is 0.226 e. The Bertz CT molecular complexity index is 1340. The maximum Gasteiger partial charge on any atom is 0.226 e. The van der Waals surface area contributed by atoms with Crippen molar-refractivity contribution in [3.63, 3.8) is 0 Å². The molecule has 9 heteroatoms. The van der Waals surface area contributed by atoms with E-state index in [-0.39, 0.29) is 5.92 Å². The number of carbonyl (C=O) groups excluding carboxylic acids is 1. The van der Waals surface area contributed by atoms with Crippen molar-refractivity contribution < 1.29 is 4.79 Å². The molecule has 0 radical (unpaired) electrons. The predicted octanol–water partition coefficient (Wildman–Crippen LogP) is 3.49. The van der Waals surface area contributed by atoms with Gasteiger partial charge in [0.2, 0.25) is 5.91 Å². The van der Waals surface area contributed by atoms with E-state index in [4.69, 9.17) is 0 Å². The van der Waals surface area contributed by atoms with Gasteiger partial charge in [-0.25, -0.2) is 14.5 Å². The highest BCUT2D eigenvalue weighted by molar-refractivity contribution is 7.19. The van der Waals surface area contributed by atoms with Gasteiger partial charge in [0.05, 0.1) is 28.5 Å². The number of aromatic nitrogens is 4. The summed E-state index contributed by atoms with van der Waals surface area (Å²) >= 11 is 1.71. The third kappa shape index (κ3) is 3.10. The van der Waals surface area contributed by atoms with Gasteiger partial charge >= 0.3 is 0 Å². The summed E-state index contributed by atoms with van der Waals surface area (Å²) in [5.74, 6) is 1.25. The molecule has 6 rings (SSSR count). The maximum absolute atomic E-state index is 12.8. The molecule has 1 atom stereocenters. The Morgan fingerprint density at radius 1 is 1.28 bits per heavy atom. The number of aryl methyl sites for hydroxylation is 1. The fourth-order valence-corrected chi connectivity index (χ4v) is 6.02. The quantitative estimate of drug-likeness (QED) is 0.516. The molecule has 8 nitrogen and oxygen atoms in total. The molecule has 0 spiro atoms. The first-order valence-corrected chi connectivity index (χ1v) is 11.9. The molecule has 4 aromatic rings. The minimum atomic E-state index is 0.102. The summed E-state index contributed by atoms with van der Waals surface area (Å²) in [5, 5.41) is 9.04. The molecule has 1 saturated heterocycles. The Balaban J connectivity index is 1.38. The molecule has 32 heavy (non-hydrogen) atoms. The van der Waals surface area contributed by atoms with Crippen LogP contribution in [0.5, 0.6) is 0 Å². The normalized spacial score (nSPS) is 17.9. The zero-order chi connectivity index (χ0) is 21.8. The van der Waals surface area contributed by atoms with E-state index in [1.807, 2.05) is 35.8 Å². The first-order valence-electron chi connectivity index (χ1n) is 11.0. The molecule has 0 aromatic carbocycles. The highest BCUT2D eigenvalue weighted by Crippen LogP contribution is 2.41. The van der Waals surface area contributed by atoms with Crippen LogP contribution in [0, 0.1) is 5.92 Å². The molecule has 0 bridgehead atoms. The number of nitrogens with zero attached hydrogens (tertiary/aromatic N) is 6. The van der Waals surface area contributed by atoms with Crippen LogP contribution < -0.4 is 10.2 Å². The molecule has 2 aliphatic rings. The summed E-state index contributed by atoms with van der Waals surface area (Å²) in [5.41, 5.74) is 4.32. The van der Waals surface area contributed by atoms with Crippen molar-refractivity contribution >= 4 is 50.2 Å². The minimum absolute atomic E-state index is 0.102. The number of rotatable bonds is 4. The van der Waals surface area contributed by atoms with Gasteiger partial charge in [-0.3, -0.25) is 4.79 Å². The summed E-state index contributed by atoms with van der Waals surface area (Å²) in [6.07, 6.45) is 9.19. The summed E-state index contributed by atoms with van der Waals surface area (Å²) < 4.78 is 1.87. The second kappa shape index (κ2) is 7.44. The summed E-state index contributed by atoms with van der Waals surface area (Å²) in [6, 6.07) is 4.08. The second-order valence-electron chi connectivity index (χ2n) is 8.82. The number of amides is 1. The van der Waals surface area contributed by atoms with Gasteiger partial charge in [-0.15, -0.1) is 11.3 Å². The van der Waals surface area contributed by atoms with Gasteiger partial charge in [0.25, 0.3) is 0 Å². The van der Waals surface area contributed by atoms with E-state index in [0.29, 0.717) is 5.91 Å². The summed E-state index contributed by atoms with van der Waals surface area (Å²) in [4.78, 5) is 28.3. The molecule has 1 amide bonds. The highest BCUT2D eigenvalue weighted by Gasteiger charge is 2.33. The van der Waals surface area contributed by atoms with Crippen LogP contribution in [0.4, 0.5) is 17.2 Å². The average Bonchev–Trinajstić information content (AvgIpc) is 3.35. The molecule has 1 fully saturated rings. The van der Waals surface area contributed by atoms with E-state index < -0.39 is 0 Å². The van der Waals surface area contributed by atoms with Gasteiger partial charge in [-0.05, 0) is 43.4 Å². The van der Waals surface area contributed by atoms with Gasteiger partial charge in [0.1, 0.15) is 17.0 Å². The third-order valence-electron chi connectivity index (χ3n) is 6.61. The number of pyridine rings is 1. The van der Waals surface area contributed by atoms with E-state index in [9.17, 15) is 4.79 Å². The molecule has 164 valence electrons. The van der Waals surface area contributed by atoms with Gasteiger partial charge in [0, 0.05) is 44.2 Å². The lowest BCUT2D eigenvalue weighted by Gasteiger charge is -2.35. The lowest BCUT2D eigenvalue weighted by atomic mass is 9.86. The molecule has 0 unspecified atom stereocenters. The zero-order valence-corrected chi connectivity index (χ0v) is 19.0. The van der Waals surface area contributed by atoms with Crippen molar-refractivity contribution in [3.05, 3.63) is 41.3 Å². The monoisotopic (exact) mass is 447 g/mol. The van der Waals surface area contributed by atoms with Crippen molar-refractivity contribution in [2.24, 2.45) is 5.92 Å². The van der Waals surface area contributed by atoms with Crippen LogP contribution in [0.3, 0.4) is 0 Å². The first kappa shape index (κ1) is 19.5. The van der Waals surface area contributed by atoms with E-state index in [1.165, 1.54) is 10.4 Å². The number of likely N-dealkylation sites (tertiary alicyclic amines) is 1. The molecule has 1 aliphatic carbocycles. The maximum atomic E-state index is 12.8. The van der Waals surface area contributed by atoms with Crippen molar-refractivity contribution in [2.75, 3.05) is 37.4 Å². The molecule has 0 saturated carbocycles. The van der Waals surface area contributed by atoms with Crippen molar-refractivity contribution in [1.82, 2.24) is 24.5 Å². The average molecular weight is 448 g/mol. The molecule has 1 N–H and O–H groups in total. The SMILES string of the molecule is CN(C)c1cn2nccc2cc1Nc1ncnc2sc3c(c12)CC[C@H](C(=O)N1CCC1)C3. The number of anilines is 3. The van der Waals surface area contributed by atoms with E-state index in [0.717, 1.165) is 71.7 Å². The van der Waals surface area contributed by atoms with E-state index >= 15 is 0 Å². The fourth-order valence-electron chi connectivity index (χ4n) is 4.75. The predicted molar refractivity (Wildman–Crippen MR) is 127 cm³/mol. The topological polar surface area (TPSA) is 78.7 Å². The van der Waals surface area contributed by atoms with Crippen molar-refractivity contribution in [2.45, 2.75) is 25.7 Å². The zero-order valence-electron chi connectivity index (χ0n) is 18.2. The van der Waals surface area contributed by atoms with Gasteiger partial charge in [-0.1, -0.05) is 0 Å². The molecule has 4 aromatic heterocycles. The van der Waals surface area contributed by atoms with Gasteiger partial charge in [-0.2, -0.15) is 5.10 Å². The van der Waals surface area contributed by atoms with E-state index in [1.54, 1.807) is 23.9 Å². The van der Waals surface area contributed by atoms with Crippen LogP contribution in [0.25, 0.3) is 15.7 Å². The highest BCUT2D eigenvalue weighted by atomic mass is 32.1. The largest absolute Gasteiger partial charge is 0.375 e. The van der Waals surface area contributed by atoms with Gasteiger partial charge < -0.3 is 15.1 Å². The fraction of sp³-hybridized carbons (Fsp3) is 0.391. The van der Waals surface area contributed by atoms with Crippen LogP contribution in [0.1, 0.15) is 23.3 Å². The standard InChI is InChI=1S/C23H25N7OS/c1-28(2)18-12-30-15(6-7-26-30)11-17(18)27-21-20-16-5-4-14(23(31)29-8-3-9-29)10-19(16)32-22(20)25-13-24-21/h6-7,11-14H,3-5,8-10H2,1-2H3,(H,24,25,27)/t14-/m0/s1. The minimum Gasteiger partial charge on any atom is -0.375 e. The van der Waals surface area contributed by atoms with Crippen molar-refractivity contribution in [1.29, 1.82) is 0 Å². The molecule has 5 heterocycles. The molecular formula is C23H25N7OS. The summed E-state index contributed by atoms with van der Waals surface area (Å²) in [7, 11) is 4.04. The lowest BCUT2D eigenvalue weighted by molar-refractivity contribution is -0.139. The number of fused-ring (bicyclic) bond motifs is 4. The van der Waals surface area contributed by atoms with Crippen LogP contribution in [-0.4, -0.2) is 57.6 Å². The van der Waals surface area contributed by atoms with Crippen LogP contribution in [-0.2, 0) is 17.6 Å². The Hall–Kier alpha value is -3.20. The van der Waals surface area contributed by atoms with Gasteiger partial charge in [0.15, 0.2) is 0 Å². The number of nitrogens with one attached hydrogen (secondary N) is 1. The van der Waals surface area contributed by atoms with Crippen LogP contribution in [0.15, 0.2) is 30.9 Å². The second-order valence-corrected chi connectivity index (χ2v) is 9.90. The lowest BCUT2D eigenvalue weighted by Crippen LogP contribution is -2.46.